The monoisotopic (exact) mass is 515 g/mol. The lowest BCUT2D eigenvalue weighted by Crippen LogP contribution is -2.42. The first-order chi connectivity index (χ1) is 13.2. The van der Waals surface area contributed by atoms with E-state index < -0.39 is 0 Å². The van der Waals surface area contributed by atoms with Crippen LogP contribution in [0.2, 0.25) is 0 Å². The molecule has 1 atom stereocenters. The summed E-state index contributed by atoms with van der Waals surface area (Å²) in [6, 6.07) is 10.7. The van der Waals surface area contributed by atoms with E-state index in [1.165, 1.54) is 6.42 Å². The van der Waals surface area contributed by atoms with Gasteiger partial charge in [0.15, 0.2) is 5.96 Å². The molecule has 7 heteroatoms. The van der Waals surface area contributed by atoms with Crippen molar-refractivity contribution in [2.45, 2.75) is 46.2 Å². The molecule has 1 heterocycles. The van der Waals surface area contributed by atoms with Crippen LogP contribution in [0.25, 0.3) is 10.6 Å². The van der Waals surface area contributed by atoms with Crippen molar-refractivity contribution in [3.05, 3.63) is 41.4 Å². The number of guanidine groups is 1. The lowest BCUT2D eigenvalue weighted by Gasteiger charge is -2.21. The molecule has 0 amide bonds. The highest BCUT2D eigenvalue weighted by Crippen LogP contribution is 2.23. The Morgan fingerprint density at radius 3 is 2.57 bits per heavy atom. The standard InChI is InChI=1S/C21H33N5S.HI/c1-5-26(6-2)14-10-11-17(3)24-21(22-4)23-15-19-16-27-20(25-19)18-12-8-7-9-13-18;/h7-9,12-13,16-17H,5-6,10-11,14-15H2,1-4H3,(H2,22,23,24);1H. The molecule has 0 spiro atoms. The molecule has 0 bridgehead atoms. The predicted octanol–water partition coefficient (Wildman–Crippen LogP) is 4.60. The quantitative estimate of drug-likeness (QED) is 0.276. The molecule has 0 radical (unpaired) electrons. The van der Waals surface area contributed by atoms with Crippen LogP contribution in [0.5, 0.6) is 0 Å². The minimum Gasteiger partial charge on any atom is -0.354 e. The zero-order valence-electron chi connectivity index (χ0n) is 17.4. The van der Waals surface area contributed by atoms with Gasteiger partial charge in [-0.3, -0.25) is 4.99 Å². The lowest BCUT2D eigenvalue weighted by atomic mass is 10.2. The highest BCUT2D eigenvalue weighted by atomic mass is 127. The van der Waals surface area contributed by atoms with Gasteiger partial charge in [0.2, 0.25) is 0 Å². The molecular formula is C21H34IN5S. The normalized spacial score (nSPS) is 12.5. The van der Waals surface area contributed by atoms with Gasteiger partial charge < -0.3 is 15.5 Å². The molecular weight excluding hydrogens is 481 g/mol. The minimum atomic E-state index is 0. The summed E-state index contributed by atoms with van der Waals surface area (Å²) in [6.45, 7) is 10.7. The molecule has 5 nitrogen and oxygen atoms in total. The first-order valence-electron chi connectivity index (χ1n) is 9.85. The third kappa shape index (κ3) is 8.45. The molecule has 2 rings (SSSR count). The van der Waals surface area contributed by atoms with Crippen LogP contribution >= 0.6 is 35.3 Å². The number of aliphatic imine (C=N–C) groups is 1. The number of hydrogen-bond donors (Lipinski definition) is 2. The summed E-state index contributed by atoms with van der Waals surface area (Å²) >= 11 is 1.68. The number of aromatic nitrogens is 1. The van der Waals surface area contributed by atoms with Gasteiger partial charge in [-0.2, -0.15) is 0 Å². The summed E-state index contributed by atoms with van der Waals surface area (Å²) < 4.78 is 0. The summed E-state index contributed by atoms with van der Waals surface area (Å²) in [4.78, 5) is 11.5. The first kappa shape index (κ1) is 24.8. The summed E-state index contributed by atoms with van der Waals surface area (Å²) in [5.74, 6) is 0.833. The molecule has 28 heavy (non-hydrogen) atoms. The maximum absolute atomic E-state index is 4.72. The summed E-state index contributed by atoms with van der Waals surface area (Å²) in [5, 5.41) is 10.0. The van der Waals surface area contributed by atoms with Gasteiger partial charge in [-0.1, -0.05) is 44.2 Å². The Morgan fingerprint density at radius 1 is 1.21 bits per heavy atom. The van der Waals surface area contributed by atoms with Gasteiger partial charge in [-0.25, -0.2) is 4.98 Å². The number of halogens is 1. The van der Waals surface area contributed by atoms with Crippen molar-refractivity contribution in [2.75, 3.05) is 26.7 Å². The van der Waals surface area contributed by atoms with E-state index in [1.54, 1.807) is 11.3 Å². The van der Waals surface area contributed by atoms with Gasteiger partial charge in [-0.15, -0.1) is 35.3 Å². The van der Waals surface area contributed by atoms with Gasteiger partial charge in [0.1, 0.15) is 5.01 Å². The molecule has 0 aliphatic rings. The number of thiazole rings is 1. The van der Waals surface area contributed by atoms with E-state index in [0.29, 0.717) is 12.6 Å². The number of nitrogens with zero attached hydrogens (tertiary/aromatic N) is 3. The lowest BCUT2D eigenvalue weighted by molar-refractivity contribution is 0.292. The minimum absolute atomic E-state index is 0. The van der Waals surface area contributed by atoms with Gasteiger partial charge in [0.25, 0.3) is 0 Å². The molecule has 1 aromatic heterocycles. The van der Waals surface area contributed by atoms with Crippen molar-refractivity contribution in [1.29, 1.82) is 0 Å². The Morgan fingerprint density at radius 2 is 1.93 bits per heavy atom. The fourth-order valence-corrected chi connectivity index (χ4v) is 3.76. The van der Waals surface area contributed by atoms with Crippen LogP contribution in [-0.2, 0) is 6.54 Å². The highest BCUT2D eigenvalue weighted by Gasteiger charge is 2.08. The van der Waals surface area contributed by atoms with E-state index >= 15 is 0 Å². The fourth-order valence-electron chi connectivity index (χ4n) is 2.94. The molecule has 0 aliphatic carbocycles. The average molecular weight is 516 g/mol. The van der Waals surface area contributed by atoms with Crippen molar-refractivity contribution >= 4 is 41.3 Å². The third-order valence-corrected chi connectivity index (χ3v) is 5.56. The summed E-state index contributed by atoms with van der Waals surface area (Å²) in [6.07, 6.45) is 2.32. The Balaban J connectivity index is 0.00000392. The van der Waals surface area contributed by atoms with Crippen LogP contribution < -0.4 is 10.6 Å². The molecule has 156 valence electrons. The Bertz CT molecular complexity index is 685. The Labute approximate surface area is 191 Å². The Hall–Kier alpha value is -1.19. The topological polar surface area (TPSA) is 52.5 Å². The highest BCUT2D eigenvalue weighted by molar-refractivity contribution is 14.0. The summed E-state index contributed by atoms with van der Waals surface area (Å²) in [5.41, 5.74) is 2.20. The van der Waals surface area contributed by atoms with E-state index in [4.69, 9.17) is 4.98 Å². The van der Waals surface area contributed by atoms with E-state index in [0.717, 1.165) is 48.3 Å². The average Bonchev–Trinajstić information content (AvgIpc) is 3.18. The maximum Gasteiger partial charge on any atom is 0.191 e. The van der Waals surface area contributed by atoms with Crippen molar-refractivity contribution < 1.29 is 0 Å². The maximum atomic E-state index is 4.72. The molecule has 0 saturated heterocycles. The second-order valence-electron chi connectivity index (χ2n) is 6.65. The van der Waals surface area contributed by atoms with Crippen LogP contribution in [0.15, 0.2) is 40.7 Å². The number of hydrogen-bond acceptors (Lipinski definition) is 4. The SMILES string of the molecule is CCN(CC)CCCC(C)NC(=NC)NCc1csc(-c2ccccc2)n1.I. The fraction of sp³-hybridized carbons (Fsp3) is 0.524. The molecule has 2 N–H and O–H groups in total. The van der Waals surface area contributed by atoms with Crippen molar-refractivity contribution in [1.82, 2.24) is 20.5 Å². The smallest absolute Gasteiger partial charge is 0.191 e. The second kappa shape index (κ2) is 13.9. The molecule has 0 fully saturated rings. The second-order valence-corrected chi connectivity index (χ2v) is 7.51. The van der Waals surface area contributed by atoms with Gasteiger partial charge in [-0.05, 0) is 39.4 Å². The molecule has 0 saturated carbocycles. The van der Waals surface area contributed by atoms with Crippen LogP contribution in [0.4, 0.5) is 0 Å². The van der Waals surface area contributed by atoms with Crippen LogP contribution in [0, 0.1) is 0 Å². The van der Waals surface area contributed by atoms with Crippen LogP contribution in [0.3, 0.4) is 0 Å². The number of benzene rings is 1. The van der Waals surface area contributed by atoms with Crippen molar-refractivity contribution in [3.8, 4) is 10.6 Å². The largest absolute Gasteiger partial charge is 0.354 e. The van der Waals surface area contributed by atoms with Gasteiger partial charge in [0.05, 0.1) is 12.2 Å². The Kier molecular flexibility index (Phi) is 12.3. The number of rotatable bonds is 10. The van der Waals surface area contributed by atoms with Gasteiger partial charge in [0, 0.05) is 24.0 Å². The molecule has 2 aromatic rings. The van der Waals surface area contributed by atoms with E-state index in [2.05, 4.69) is 58.8 Å². The predicted molar refractivity (Wildman–Crippen MR) is 133 cm³/mol. The zero-order chi connectivity index (χ0) is 19.5. The third-order valence-electron chi connectivity index (χ3n) is 4.62. The first-order valence-corrected chi connectivity index (χ1v) is 10.7. The molecule has 1 unspecified atom stereocenters. The van der Waals surface area contributed by atoms with E-state index in [-0.39, 0.29) is 24.0 Å². The zero-order valence-corrected chi connectivity index (χ0v) is 20.6. The van der Waals surface area contributed by atoms with Crippen molar-refractivity contribution in [3.63, 3.8) is 0 Å². The van der Waals surface area contributed by atoms with Crippen molar-refractivity contribution in [2.24, 2.45) is 4.99 Å². The van der Waals surface area contributed by atoms with Crippen LogP contribution in [-0.4, -0.2) is 48.6 Å². The van der Waals surface area contributed by atoms with Gasteiger partial charge >= 0.3 is 0 Å². The summed E-state index contributed by atoms with van der Waals surface area (Å²) in [7, 11) is 1.81. The molecule has 0 aliphatic heterocycles. The van der Waals surface area contributed by atoms with E-state index in [9.17, 15) is 0 Å². The molecule has 1 aromatic carbocycles. The van der Waals surface area contributed by atoms with E-state index in [1.807, 2.05) is 25.2 Å². The number of nitrogens with one attached hydrogen (secondary N) is 2. The van der Waals surface area contributed by atoms with Crippen LogP contribution in [0.1, 0.15) is 39.3 Å².